The van der Waals surface area contributed by atoms with Gasteiger partial charge >= 0.3 is 6.18 Å². The largest absolute Gasteiger partial charge is 0.416 e. The number of aryl methyl sites for hydroxylation is 1. The molecule has 0 aliphatic rings. The van der Waals surface area contributed by atoms with Gasteiger partial charge in [-0.05, 0) is 32.0 Å². The number of nitriles is 1. The van der Waals surface area contributed by atoms with Crippen LogP contribution in [-0.4, -0.2) is 45.3 Å². The summed E-state index contributed by atoms with van der Waals surface area (Å²) in [6.45, 7) is 3.43. The highest BCUT2D eigenvalue weighted by molar-refractivity contribution is 7.16. The fourth-order valence-corrected chi connectivity index (χ4v) is 4.25. The van der Waals surface area contributed by atoms with Crippen LogP contribution in [0.1, 0.15) is 62.4 Å². The second-order valence-electron chi connectivity index (χ2n) is 8.47. The van der Waals surface area contributed by atoms with Gasteiger partial charge in [-0.3, -0.25) is 14.6 Å². The number of halogens is 5. The highest BCUT2D eigenvalue weighted by Crippen LogP contribution is 2.36. The number of carbonyl (C=O) groups is 2. The third-order valence-electron chi connectivity index (χ3n) is 5.28. The Morgan fingerprint density at radius 3 is 2.39 bits per heavy atom. The minimum absolute atomic E-state index is 0.133. The number of rotatable bonds is 7. The van der Waals surface area contributed by atoms with Crippen LogP contribution in [-0.2, 0) is 12.1 Å². The number of hydrogen-bond donors (Lipinski definition) is 1. The van der Waals surface area contributed by atoms with E-state index in [1.807, 2.05) is 6.07 Å². The number of aromatic nitrogens is 3. The van der Waals surface area contributed by atoms with Crippen LogP contribution in [0.3, 0.4) is 0 Å². The van der Waals surface area contributed by atoms with E-state index in [0.717, 1.165) is 11.3 Å². The van der Waals surface area contributed by atoms with E-state index >= 15 is 0 Å². The molecule has 38 heavy (non-hydrogen) atoms. The lowest BCUT2D eigenvalue weighted by atomic mass is 10.0. The highest BCUT2D eigenvalue weighted by Gasteiger charge is 2.35. The first kappa shape index (κ1) is 28.6. The zero-order chi connectivity index (χ0) is 28.4. The summed E-state index contributed by atoms with van der Waals surface area (Å²) in [6.07, 6.45) is -2.21. The third-order valence-corrected chi connectivity index (χ3v) is 6.27. The van der Waals surface area contributed by atoms with Gasteiger partial charge in [0, 0.05) is 31.3 Å². The van der Waals surface area contributed by atoms with Gasteiger partial charge in [0.2, 0.25) is 0 Å². The molecule has 0 saturated heterocycles. The quantitative estimate of drug-likeness (QED) is 0.322. The number of nitrogens with zero attached hydrogens (tertiary/aromatic N) is 5. The normalized spacial score (nSPS) is 12.5. The molecule has 200 valence electrons. The molecule has 0 aliphatic heterocycles. The van der Waals surface area contributed by atoms with E-state index in [2.05, 4.69) is 20.3 Å². The van der Waals surface area contributed by atoms with Crippen LogP contribution in [0.2, 0.25) is 0 Å². The molecule has 1 N–H and O–H groups in total. The van der Waals surface area contributed by atoms with Crippen LogP contribution >= 0.6 is 11.3 Å². The summed E-state index contributed by atoms with van der Waals surface area (Å²) in [6, 6.07) is 2.44. The van der Waals surface area contributed by atoms with E-state index in [1.54, 1.807) is 6.92 Å². The minimum Gasteiger partial charge on any atom is -0.344 e. The molecular formula is C24H21F5N6O2S. The van der Waals surface area contributed by atoms with Gasteiger partial charge < -0.3 is 10.2 Å². The number of hydrogen-bond acceptors (Lipinski definition) is 7. The molecule has 1 atom stereocenters. The first-order valence-corrected chi connectivity index (χ1v) is 11.8. The molecule has 8 nitrogen and oxygen atoms in total. The molecule has 2 aromatic heterocycles. The average Bonchev–Trinajstić information content (AvgIpc) is 3.32. The van der Waals surface area contributed by atoms with Gasteiger partial charge in [-0.25, -0.2) is 18.7 Å². The van der Waals surface area contributed by atoms with Gasteiger partial charge in [-0.2, -0.15) is 18.4 Å². The van der Waals surface area contributed by atoms with Crippen molar-refractivity contribution in [3.8, 4) is 16.8 Å². The third kappa shape index (κ3) is 6.46. The van der Waals surface area contributed by atoms with E-state index in [1.165, 1.54) is 31.3 Å². The molecule has 0 aliphatic carbocycles. The van der Waals surface area contributed by atoms with Gasteiger partial charge in [0.1, 0.15) is 22.1 Å². The summed E-state index contributed by atoms with van der Waals surface area (Å²) in [4.78, 5) is 39.7. The predicted octanol–water partition coefficient (Wildman–Crippen LogP) is 5.13. The molecule has 3 aromatic rings. The first-order chi connectivity index (χ1) is 17.6. The Morgan fingerprint density at radius 1 is 1.13 bits per heavy atom. The van der Waals surface area contributed by atoms with Crippen molar-refractivity contribution in [2.75, 3.05) is 13.6 Å². The number of thiazole rings is 1. The number of carbonyl (C=O) groups excluding carboxylic acids is 2. The maximum Gasteiger partial charge on any atom is 0.416 e. The highest BCUT2D eigenvalue weighted by atomic mass is 32.1. The zero-order valence-corrected chi connectivity index (χ0v) is 21.3. The smallest absolute Gasteiger partial charge is 0.344 e. The Balaban J connectivity index is 1.95. The first-order valence-electron chi connectivity index (χ1n) is 11.0. The molecule has 0 fully saturated rings. The monoisotopic (exact) mass is 552 g/mol. The summed E-state index contributed by atoms with van der Waals surface area (Å²) in [5.74, 6) is -5.08. The lowest BCUT2D eigenvalue weighted by Gasteiger charge is -2.19. The van der Waals surface area contributed by atoms with Crippen molar-refractivity contribution >= 4 is 23.2 Å². The van der Waals surface area contributed by atoms with Crippen LogP contribution in [0.5, 0.6) is 0 Å². The second-order valence-corrected chi connectivity index (χ2v) is 9.51. The Kier molecular flexibility index (Phi) is 8.11. The molecule has 0 spiro atoms. The van der Waals surface area contributed by atoms with E-state index in [-0.39, 0.29) is 27.8 Å². The lowest BCUT2D eigenvalue weighted by molar-refractivity contribution is -0.137. The predicted molar refractivity (Wildman–Crippen MR) is 127 cm³/mol. The van der Waals surface area contributed by atoms with Crippen LogP contribution in [0.15, 0.2) is 30.6 Å². The van der Waals surface area contributed by atoms with Gasteiger partial charge in [0.05, 0.1) is 35.3 Å². The van der Waals surface area contributed by atoms with Crippen molar-refractivity contribution in [1.82, 2.24) is 25.2 Å². The summed E-state index contributed by atoms with van der Waals surface area (Å²) >= 11 is 0.975. The van der Waals surface area contributed by atoms with Crippen LogP contribution in [0, 0.1) is 18.3 Å². The van der Waals surface area contributed by atoms with Crippen molar-refractivity contribution in [3.63, 3.8) is 0 Å². The Hall–Kier alpha value is -3.99. The summed E-state index contributed by atoms with van der Waals surface area (Å²) in [5.41, 5.74) is -2.08. The second kappa shape index (κ2) is 10.8. The van der Waals surface area contributed by atoms with Crippen molar-refractivity contribution < 1.29 is 31.5 Å². The topological polar surface area (TPSA) is 112 Å². The number of alkyl halides is 5. The van der Waals surface area contributed by atoms with Crippen molar-refractivity contribution in [2.24, 2.45) is 0 Å². The summed E-state index contributed by atoms with van der Waals surface area (Å²) < 4.78 is 67.7. The molecule has 2 heterocycles. The number of nitrogens with one attached hydrogen (secondary N) is 1. The maximum absolute atomic E-state index is 13.9. The SMILES string of the molecule is Cc1cnc(-c2ncc(C(=O)N(C)CC#N)s2)c(C(C)NC(=O)c2cc(C(C)(F)F)cc(C(F)(F)F)c2)n1. The molecule has 14 heteroatoms. The molecule has 0 saturated carbocycles. The van der Waals surface area contributed by atoms with E-state index in [4.69, 9.17) is 5.26 Å². The molecule has 3 rings (SSSR count). The van der Waals surface area contributed by atoms with Crippen LogP contribution in [0.25, 0.3) is 10.7 Å². The summed E-state index contributed by atoms with van der Waals surface area (Å²) in [7, 11) is 1.45. The maximum atomic E-state index is 13.9. The van der Waals surface area contributed by atoms with Crippen LogP contribution < -0.4 is 5.32 Å². The van der Waals surface area contributed by atoms with Gasteiger partial charge in [-0.1, -0.05) is 0 Å². The fourth-order valence-electron chi connectivity index (χ4n) is 3.34. The van der Waals surface area contributed by atoms with Crippen molar-refractivity contribution in [2.45, 2.75) is 38.9 Å². The van der Waals surface area contributed by atoms with Gasteiger partial charge in [0.15, 0.2) is 0 Å². The molecule has 1 unspecified atom stereocenters. The number of benzene rings is 1. The minimum atomic E-state index is -4.95. The van der Waals surface area contributed by atoms with E-state index in [9.17, 15) is 31.5 Å². The average molecular weight is 553 g/mol. The number of amides is 2. The standard InChI is InChI=1S/C24H21F5N6O2S/c1-12-10-31-19(21-32-11-17(38-21)22(37)35(4)6-5-30)18(33-12)13(2)34-20(36)14-7-15(23(3,25)26)9-16(8-14)24(27,28)29/h7-11,13H,6H2,1-4H3,(H,34,36). The van der Waals surface area contributed by atoms with Gasteiger partial charge in [-0.15, -0.1) is 11.3 Å². The zero-order valence-electron chi connectivity index (χ0n) is 20.5. The Labute approximate surface area is 218 Å². The molecule has 0 radical (unpaired) electrons. The molecule has 0 bridgehead atoms. The fraction of sp³-hybridized carbons (Fsp3) is 0.333. The van der Waals surface area contributed by atoms with Crippen molar-refractivity contribution in [1.29, 1.82) is 5.26 Å². The van der Waals surface area contributed by atoms with Crippen LogP contribution in [0.4, 0.5) is 22.0 Å². The summed E-state index contributed by atoms with van der Waals surface area (Å²) in [5, 5.41) is 11.6. The van der Waals surface area contributed by atoms with E-state index in [0.29, 0.717) is 30.8 Å². The molecule has 2 amide bonds. The Bertz CT molecular complexity index is 1380. The molecule has 1 aromatic carbocycles. The Morgan fingerprint density at radius 2 is 1.79 bits per heavy atom. The van der Waals surface area contributed by atoms with E-state index < -0.39 is 46.6 Å². The van der Waals surface area contributed by atoms with Crippen molar-refractivity contribution in [3.05, 3.63) is 63.5 Å². The molecular weight excluding hydrogens is 531 g/mol. The van der Waals surface area contributed by atoms with Gasteiger partial charge in [0.25, 0.3) is 17.7 Å². The lowest BCUT2D eigenvalue weighted by Crippen LogP contribution is -2.29.